The van der Waals surface area contributed by atoms with Crippen LogP contribution in [0.1, 0.15) is 26.2 Å². The fourth-order valence-electron chi connectivity index (χ4n) is 4.75. The molecule has 1 saturated heterocycles. The minimum Gasteiger partial charge on any atom is -0.465 e. The second kappa shape index (κ2) is 11.0. The number of carbonyl (C=O) groups excluding carboxylic acids is 1. The van der Waals surface area contributed by atoms with Crippen LogP contribution in [-0.4, -0.2) is 69.6 Å². The molecular formula is C25H31N3O7S. The molecule has 0 radical (unpaired) electrons. The normalized spacial score (nSPS) is 18.7. The Morgan fingerprint density at radius 3 is 2.36 bits per heavy atom. The second-order valence-electron chi connectivity index (χ2n) is 9.12. The highest BCUT2D eigenvalue weighted by Crippen LogP contribution is 2.40. The SMILES string of the molecule is C[C@H]1CN(C(=O)O)c2cc(-c3ccc(S(=O)(=O)NCCO)cc3)ccc2N1C(=O)CC1CCOCC1. The molecule has 2 aromatic carbocycles. The van der Waals surface area contributed by atoms with E-state index in [0.29, 0.717) is 42.1 Å². The molecule has 0 aromatic heterocycles. The monoisotopic (exact) mass is 517 g/mol. The van der Waals surface area contributed by atoms with Crippen LogP contribution >= 0.6 is 0 Å². The number of hydrogen-bond donors (Lipinski definition) is 3. The summed E-state index contributed by atoms with van der Waals surface area (Å²) in [5, 5.41) is 18.7. The zero-order chi connectivity index (χ0) is 25.9. The average molecular weight is 518 g/mol. The van der Waals surface area contributed by atoms with Crippen molar-refractivity contribution in [2.75, 3.05) is 42.7 Å². The quantitative estimate of drug-likeness (QED) is 0.514. The number of hydrogen-bond acceptors (Lipinski definition) is 6. The molecule has 2 aliphatic heterocycles. The smallest absolute Gasteiger partial charge is 0.411 e. The minimum atomic E-state index is -3.74. The molecule has 4 rings (SSSR count). The second-order valence-corrected chi connectivity index (χ2v) is 10.9. The first-order chi connectivity index (χ1) is 17.2. The Kier molecular flexibility index (Phi) is 7.94. The molecule has 2 heterocycles. The van der Waals surface area contributed by atoms with Gasteiger partial charge in [0, 0.05) is 32.7 Å². The standard InChI is InChI=1S/C25H31N3O7S/c1-17-16-27(25(31)32)23-15-20(19-2-5-21(6-3-19)36(33,34)26-10-11-29)4-7-22(23)28(17)24(30)14-18-8-12-35-13-9-18/h2-7,15,17-18,26,29H,8-14,16H2,1H3,(H,31,32)/t17-/m0/s1. The summed E-state index contributed by atoms with van der Waals surface area (Å²) in [7, 11) is -3.74. The number of aliphatic hydroxyl groups is 1. The Bertz CT molecular complexity index is 1210. The summed E-state index contributed by atoms with van der Waals surface area (Å²) in [4.78, 5) is 28.4. The van der Waals surface area contributed by atoms with Crippen molar-refractivity contribution in [1.82, 2.24) is 4.72 Å². The van der Waals surface area contributed by atoms with Gasteiger partial charge in [0.25, 0.3) is 0 Å². The molecule has 1 atom stereocenters. The van der Waals surface area contributed by atoms with Gasteiger partial charge in [-0.15, -0.1) is 0 Å². The molecule has 0 unspecified atom stereocenters. The van der Waals surface area contributed by atoms with Crippen LogP contribution in [0.4, 0.5) is 16.2 Å². The number of benzene rings is 2. The molecule has 1 fully saturated rings. The van der Waals surface area contributed by atoms with Crippen molar-refractivity contribution in [3.05, 3.63) is 42.5 Å². The lowest BCUT2D eigenvalue weighted by Gasteiger charge is -2.41. The topological polar surface area (TPSA) is 136 Å². The molecular weight excluding hydrogens is 486 g/mol. The maximum Gasteiger partial charge on any atom is 0.411 e. The molecule has 0 spiro atoms. The number of nitrogens with zero attached hydrogens (tertiary/aromatic N) is 2. The maximum atomic E-state index is 13.3. The molecule has 194 valence electrons. The fourth-order valence-corrected chi connectivity index (χ4v) is 5.77. The first-order valence-corrected chi connectivity index (χ1v) is 13.4. The highest BCUT2D eigenvalue weighted by atomic mass is 32.2. The lowest BCUT2D eigenvalue weighted by molar-refractivity contribution is -0.120. The van der Waals surface area contributed by atoms with Crippen molar-refractivity contribution in [2.45, 2.75) is 37.1 Å². The van der Waals surface area contributed by atoms with Crippen molar-refractivity contribution >= 4 is 33.4 Å². The number of ether oxygens (including phenoxy) is 1. The van der Waals surface area contributed by atoms with E-state index in [-0.39, 0.29) is 42.5 Å². The molecule has 0 aliphatic carbocycles. The zero-order valence-electron chi connectivity index (χ0n) is 20.1. The van der Waals surface area contributed by atoms with Crippen molar-refractivity contribution in [2.24, 2.45) is 5.92 Å². The largest absolute Gasteiger partial charge is 0.465 e. The third kappa shape index (κ3) is 5.54. The summed E-state index contributed by atoms with van der Waals surface area (Å²) < 4.78 is 32.3. The van der Waals surface area contributed by atoms with Gasteiger partial charge in [-0.2, -0.15) is 0 Å². The van der Waals surface area contributed by atoms with Gasteiger partial charge in [0.1, 0.15) is 0 Å². The van der Waals surface area contributed by atoms with Crippen molar-refractivity contribution in [3.63, 3.8) is 0 Å². The zero-order valence-corrected chi connectivity index (χ0v) is 20.9. The number of fused-ring (bicyclic) bond motifs is 1. The van der Waals surface area contributed by atoms with Crippen molar-refractivity contribution in [1.29, 1.82) is 0 Å². The maximum absolute atomic E-state index is 13.3. The van der Waals surface area contributed by atoms with E-state index in [4.69, 9.17) is 9.84 Å². The Labute approximate surface area is 210 Å². The Hall–Kier alpha value is -2.99. The molecule has 0 bridgehead atoms. The minimum absolute atomic E-state index is 0.0293. The van der Waals surface area contributed by atoms with E-state index in [1.54, 1.807) is 35.2 Å². The first kappa shape index (κ1) is 26.1. The number of sulfonamides is 1. The number of nitrogens with one attached hydrogen (secondary N) is 1. The predicted molar refractivity (Wildman–Crippen MR) is 135 cm³/mol. The van der Waals surface area contributed by atoms with E-state index in [2.05, 4.69) is 4.72 Å². The molecule has 2 amide bonds. The third-order valence-corrected chi connectivity index (χ3v) is 8.10. The van der Waals surface area contributed by atoms with Gasteiger partial charge in [-0.1, -0.05) is 18.2 Å². The van der Waals surface area contributed by atoms with E-state index in [0.717, 1.165) is 12.8 Å². The predicted octanol–water partition coefficient (Wildman–Crippen LogP) is 2.66. The van der Waals surface area contributed by atoms with Crippen LogP contribution in [0.3, 0.4) is 0 Å². The van der Waals surface area contributed by atoms with Gasteiger partial charge in [0.05, 0.1) is 28.9 Å². The number of carbonyl (C=O) groups is 2. The van der Waals surface area contributed by atoms with E-state index in [9.17, 15) is 23.1 Å². The number of amides is 2. The number of carboxylic acid groups (broad SMARTS) is 1. The van der Waals surface area contributed by atoms with Crippen LogP contribution in [-0.2, 0) is 19.6 Å². The van der Waals surface area contributed by atoms with Gasteiger partial charge in [-0.25, -0.2) is 17.9 Å². The summed E-state index contributed by atoms with van der Waals surface area (Å²) in [6, 6.07) is 11.1. The molecule has 11 heteroatoms. The molecule has 36 heavy (non-hydrogen) atoms. The van der Waals surface area contributed by atoms with Crippen LogP contribution in [0.2, 0.25) is 0 Å². The molecule has 10 nitrogen and oxygen atoms in total. The van der Waals surface area contributed by atoms with Gasteiger partial charge in [-0.3, -0.25) is 9.69 Å². The molecule has 3 N–H and O–H groups in total. The Balaban J connectivity index is 1.64. The number of anilines is 2. The van der Waals surface area contributed by atoms with E-state index in [1.165, 1.54) is 17.0 Å². The van der Waals surface area contributed by atoms with E-state index >= 15 is 0 Å². The number of aliphatic hydroxyl groups excluding tert-OH is 1. The lowest BCUT2D eigenvalue weighted by atomic mass is 9.94. The Morgan fingerprint density at radius 2 is 1.72 bits per heavy atom. The van der Waals surface area contributed by atoms with Gasteiger partial charge in [-0.05, 0) is 61.1 Å². The van der Waals surface area contributed by atoms with Crippen molar-refractivity contribution < 1.29 is 33.0 Å². The van der Waals surface area contributed by atoms with Crippen LogP contribution in [0.15, 0.2) is 47.4 Å². The summed E-state index contributed by atoms with van der Waals surface area (Å²) in [6.45, 7) is 2.91. The molecule has 2 aliphatic rings. The van der Waals surface area contributed by atoms with E-state index < -0.39 is 16.1 Å². The van der Waals surface area contributed by atoms with Crippen LogP contribution in [0.25, 0.3) is 11.1 Å². The van der Waals surface area contributed by atoms with Gasteiger partial charge >= 0.3 is 6.09 Å². The summed E-state index contributed by atoms with van der Waals surface area (Å²) in [5.41, 5.74) is 2.35. The van der Waals surface area contributed by atoms with Gasteiger partial charge in [0.2, 0.25) is 15.9 Å². The third-order valence-electron chi connectivity index (χ3n) is 6.62. The van der Waals surface area contributed by atoms with Gasteiger partial charge in [0.15, 0.2) is 0 Å². The highest BCUT2D eigenvalue weighted by molar-refractivity contribution is 7.89. The molecule has 0 saturated carbocycles. The summed E-state index contributed by atoms with van der Waals surface area (Å²) >= 11 is 0. The van der Waals surface area contributed by atoms with Gasteiger partial charge < -0.3 is 19.8 Å². The summed E-state index contributed by atoms with van der Waals surface area (Å²) in [5.74, 6) is 0.221. The summed E-state index contributed by atoms with van der Waals surface area (Å²) in [6.07, 6.45) is 0.959. The lowest BCUT2D eigenvalue weighted by Crippen LogP contribution is -2.52. The van der Waals surface area contributed by atoms with Crippen LogP contribution in [0.5, 0.6) is 0 Å². The van der Waals surface area contributed by atoms with Crippen LogP contribution in [0, 0.1) is 5.92 Å². The van der Waals surface area contributed by atoms with Crippen LogP contribution < -0.4 is 14.5 Å². The molecule has 2 aromatic rings. The van der Waals surface area contributed by atoms with Crippen molar-refractivity contribution in [3.8, 4) is 11.1 Å². The first-order valence-electron chi connectivity index (χ1n) is 12.0. The number of rotatable bonds is 7. The van der Waals surface area contributed by atoms with E-state index in [1.807, 2.05) is 6.92 Å². The highest BCUT2D eigenvalue weighted by Gasteiger charge is 2.36. The average Bonchev–Trinajstić information content (AvgIpc) is 2.87. The fraction of sp³-hybridized carbons (Fsp3) is 0.440. The Morgan fingerprint density at radius 1 is 1.06 bits per heavy atom.